The van der Waals surface area contributed by atoms with Crippen molar-refractivity contribution in [1.82, 2.24) is 14.3 Å². The van der Waals surface area contributed by atoms with E-state index in [1.807, 2.05) is 0 Å². The third-order valence-corrected chi connectivity index (χ3v) is 5.62. The van der Waals surface area contributed by atoms with Gasteiger partial charge in [-0.25, -0.2) is 22.5 Å². The Bertz CT molecular complexity index is 881. The summed E-state index contributed by atoms with van der Waals surface area (Å²) in [6, 6.07) is 6.44. The summed E-state index contributed by atoms with van der Waals surface area (Å²) in [6.45, 7) is 0.952. The average Bonchev–Trinajstić information content (AvgIpc) is 2.61. The van der Waals surface area contributed by atoms with Gasteiger partial charge in [-0.15, -0.1) is 0 Å². The molecule has 1 fully saturated rings. The minimum atomic E-state index is -3.21. The van der Waals surface area contributed by atoms with Crippen LogP contribution in [0.4, 0.5) is 0 Å². The highest BCUT2D eigenvalue weighted by atomic mass is 32.2. The van der Waals surface area contributed by atoms with E-state index < -0.39 is 16.0 Å². The number of piperidine rings is 1. The lowest BCUT2D eigenvalue weighted by Crippen LogP contribution is -2.38. The van der Waals surface area contributed by atoms with E-state index in [0.29, 0.717) is 18.8 Å². The molecule has 0 aliphatic carbocycles. The van der Waals surface area contributed by atoms with E-state index in [2.05, 4.69) is 9.97 Å². The van der Waals surface area contributed by atoms with Crippen LogP contribution in [-0.4, -0.2) is 53.1 Å². The molecule has 0 unspecified atom stereocenters. The molecule has 0 spiro atoms. The van der Waals surface area contributed by atoms with E-state index in [4.69, 9.17) is 5.11 Å². The van der Waals surface area contributed by atoms with E-state index in [9.17, 15) is 13.2 Å². The molecule has 0 radical (unpaired) electrons. The summed E-state index contributed by atoms with van der Waals surface area (Å²) in [5.74, 6) is -0.969. The fourth-order valence-corrected chi connectivity index (χ4v) is 3.90. The number of hydrogen-bond donors (Lipinski definition) is 1. The largest absolute Gasteiger partial charge is 0.478 e. The van der Waals surface area contributed by atoms with Crippen molar-refractivity contribution in [3.8, 4) is 11.3 Å². The highest BCUT2D eigenvalue weighted by molar-refractivity contribution is 7.88. The van der Waals surface area contributed by atoms with Gasteiger partial charge in [0.2, 0.25) is 10.0 Å². The minimum Gasteiger partial charge on any atom is -0.478 e. The number of carbonyl (C=O) groups is 1. The van der Waals surface area contributed by atoms with Gasteiger partial charge in [0, 0.05) is 30.8 Å². The van der Waals surface area contributed by atoms with Gasteiger partial charge in [-0.2, -0.15) is 0 Å². The van der Waals surface area contributed by atoms with Crippen molar-refractivity contribution in [2.24, 2.45) is 0 Å². The number of aromatic carboxylic acids is 1. The summed E-state index contributed by atoms with van der Waals surface area (Å²) in [6.07, 6.45) is 6.17. The van der Waals surface area contributed by atoms with Gasteiger partial charge < -0.3 is 5.11 Å². The molecular weight excluding hydrogens is 342 g/mol. The van der Waals surface area contributed by atoms with Crippen molar-refractivity contribution >= 4 is 16.0 Å². The molecule has 0 amide bonds. The van der Waals surface area contributed by atoms with Crippen molar-refractivity contribution in [3.63, 3.8) is 0 Å². The van der Waals surface area contributed by atoms with Crippen molar-refractivity contribution in [2.45, 2.75) is 18.8 Å². The summed E-state index contributed by atoms with van der Waals surface area (Å²) in [5, 5.41) is 8.97. The fourth-order valence-electron chi connectivity index (χ4n) is 2.99. The standard InChI is InChI=1S/C17H19N3O4S/c1-25(23,24)20-8-2-3-14(11-20)16-10-18-9-15(19-16)12-4-6-13(7-5-12)17(21)22/h4-7,9-10,14H,2-3,8,11H2,1H3,(H,21,22)/t14-/m1/s1. The number of rotatable bonds is 4. The lowest BCUT2D eigenvalue weighted by molar-refractivity contribution is 0.0697. The summed E-state index contributed by atoms with van der Waals surface area (Å²) >= 11 is 0. The number of nitrogens with zero attached hydrogens (tertiary/aromatic N) is 3. The van der Waals surface area contributed by atoms with Crippen molar-refractivity contribution < 1.29 is 18.3 Å². The zero-order valence-corrected chi connectivity index (χ0v) is 14.6. The summed E-state index contributed by atoms with van der Waals surface area (Å²) in [5.41, 5.74) is 2.39. The number of carboxylic acids is 1. The van der Waals surface area contributed by atoms with Crippen LogP contribution >= 0.6 is 0 Å². The van der Waals surface area contributed by atoms with Crippen LogP contribution < -0.4 is 0 Å². The third-order valence-electron chi connectivity index (χ3n) is 4.35. The van der Waals surface area contributed by atoms with Gasteiger partial charge in [0.05, 0.1) is 29.4 Å². The zero-order chi connectivity index (χ0) is 18.0. The molecule has 132 valence electrons. The first-order valence-electron chi connectivity index (χ1n) is 7.95. The van der Waals surface area contributed by atoms with Crippen LogP contribution in [0.3, 0.4) is 0 Å². The summed E-state index contributed by atoms with van der Waals surface area (Å²) in [7, 11) is -3.21. The van der Waals surface area contributed by atoms with E-state index >= 15 is 0 Å². The second-order valence-corrected chi connectivity index (χ2v) is 8.15. The Balaban J connectivity index is 1.85. The molecule has 0 bridgehead atoms. The lowest BCUT2D eigenvalue weighted by atomic mass is 9.96. The molecule has 1 N–H and O–H groups in total. The Kier molecular flexibility index (Phi) is 4.82. The average molecular weight is 361 g/mol. The van der Waals surface area contributed by atoms with Gasteiger partial charge in [-0.05, 0) is 25.0 Å². The van der Waals surface area contributed by atoms with Crippen molar-refractivity contribution in [1.29, 1.82) is 0 Å². The van der Waals surface area contributed by atoms with Crippen molar-refractivity contribution in [3.05, 3.63) is 47.9 Å². The summed E-state index contributed by atoms with van der Waals surface area (Å²) in [4.78, 5) is 19.8. The maximum absolute atomic E-state index is 11.8. The lowest BCUT2D eigenvalue weighted by Gasteiger charge is -2.30. The Morgan fingerprint density at radius 2 is 1.96 bits per heavy atom. The predicted molar refractivity (Wildman–Crippen MR) is 92.8 cm³/mol. The molecule has 1 saturated heterocycles. The Hall–Kier alpha value is -2.32. The normalized spacial score (nSPS) is 18.8. The molecule has 3 rings (SSSR count). The number of carboxylic acid groups (broad SMARTS) is 1. The molecule has 2 aromatic rings. The molecular formula is C17H19N3O4S. The summed E-state index contributed by atoms with van der Waals surface area (Å²) < 4.78 is 25.0. The van der Waals surface area contributed by atoms with Gasteiger partial charge in [-0.3, -0.25) is 4.98 Å². The molecule has 1 aromatic carbocycles. The molecule has 1 aliphatic heterocycles. The monoisotopic (exact) mass is 361 g/mol. The molecule has 1 aromatic heterocycles. The van der Waals surface area contributed by atoms with Crippen LogP contribution in [-0.2, 0) is 10.0 Å². The topological polar surface area (TPSA) is 100 Å². The fraction of sp³-hybridized carbons (Fsp3) is 0.353. The Morgan fingerprint density at radius 3 is 2.60 bits per heavy atom. The van der Waals surface area contributed by atoms with Gasteiger partial charge in [0.1, 0.15) is 0 Å². The van der Waals surface area contributed by atoms with Crippen LogP contribution in [0, 0.1) is 0 Å². The highest BCUT2D eigenvalue weighted by Crippen LogP contribution is 2.28. The Morgan fingerprint density at radius 1 is 1.24 bits per heavy atom. The van der Waals surface area contributed by atoms with E-state index in [0.717, 1.165) is 24.1 Å². The Labute approximate surface area is 146 Å². The van der Waals surface area contributed by atoms with Gasteiger partial charge in [0.15, 0.2) is 0 Å². The van der Waals surface area contributed by atoms with E-state index in [1.165, 1.54) is 22.7 Å². The molecule has 1 aliphatic rings. The van der Waals surface area contributed by atoms with Crippen LogP contribution in [0.2, 0.25) is 0 Å². The zero-order valence-electron chi connectivity index (χ0n) is 13.8. The first-order valence-corrected chi connectivity index (χ1v) is 9.80. The van der Waals surface area contributed by atoms with E-state index in [-0.39, 0.29) is 11.5 Å². The van der Waals surface area contributed by atoms with Gasteiger partial charge >= 0.3 is 5.97 Å². The molecule has 1 atom stereocenters. The van der Waals surface area contributed by atoms with Gasteiger partial charge in [-0.1, -0.05) is 12.1 Å². The first-order chi connectivity index (χ1) is 11.8. The van der Waals surface area contributed by atoms with Crippen LogP contribution in [0.5, 0.6) is 0 Å². The minimum absolute atomic E-state index is 0.00854. The highest BCUT2D eigenvalue weighted by Gasteiger charge is 2.27. The van der Waals surface area contributed by atoms with Crippen LogP contribution in [0.1, 0.15) is 34.8 Å². The molecule has 2 heterocycles. The number of sulfonamides is 1. The first kappa shape index (κ1) is 17.5. The second kappa shape index (κ2) is 6.89. The van der Waals surface area contributed by atoms with Crippen LogP contribution in [0.15, 0.2) is 36.7 Å². The molecule has 7 nitrogen and oxygen atoms in total. The van der Waals surface area contributed by atoms with Gasteiger partial charge in [0.25, 0.3) is 0 Å². The molecule has 0 saturated carbocycles. The SMILES string of the molecule is CS(=O)(=O)N1CCC[C@@H](c2cncc(-c3ccc(C(=O)O)cc3)n2)C1. The van der Waals surface area contributed by atoms with E-state index in [1.54, 1.807) is 24.5 Å². The molecule has 8 heteroatoms. The predicted octanol–water partition coefficient (Wildman–Crippen LogP) is 1.98. The van der Waals surface area contributed by atoms with Crippen LogP contribution in [0.25, 0.3) is 11.3 Å². The number of benzene rings is 1. The van der Waals surface area contributed by atoms with Crippen molar-refractivity contribution in [2.75, 3.05) is 19.3 Å². The third kappa shape index (κ3) is 4.02. The maximum Gasteiger partial charge on any atom is 0.335 e. The smallest absolute Gasteiger partial charge is 0.335 e. The number of hydrogen-bond acceptors (Lipinski definition) is 5. The second-order valence-electron chi connectivity index (χ2n) is 6.17. The number of aromatic nitrogens is 2. The quantitative estimate of drug-likeness (QED) is 0.894. The maximum atomic E-state index is 11.8. The molecule has 25 heavy (non-hydrogen) atoms.